The summed E-state index contributed by atoms with van der Waals surface area (Å²) in [7, 11) is 0. The van der Waals surface area contributed by atoms with Crippen LogP contribution in [-0.4, -0.2) is 4.57 Å². The fraction of sp³-hybridized carbons (Fsp3) is 0.0870. The fourth-order valence-electron chi connectivity index (χ4n) is 3.29. The van der Waals surface area contributed by atoms with E-state index in [0.29, 0.717) is 0 Å². The molecule has 0 fully saturated rings. The minimum atomic E-state index is 0.889. The molecule has 0 amide bonds. The Labute approximate surface area is 163 Å². The van der Waals surface area contributed by atoms with E-state index in [-0.39, 0.29) is 0 Å². The van der Waals surface area contributed by atoms with Gasteiger partial charge in [0.15, 0.2) is 3.95 Å². The van der Waals surface area contributed by atoms with Crippen molar-refractivity contribution in [3.8, 4) is 27.9 Å². The van der Waals surface area contributed by atoms with Gasteiger partial charge >= 0.3 is 0 Å². The van der Waals surface area contributed by atoms with Crippen LogP contribution < -0.4 is 0 Å². The van der Waals surface area contributed by atoms with E-state index in [1.807, 2.05) is 0 Å². The molecule has 1 aromatic heterocycles. The van der Waals surface area contributed by atoms with Crippen molar-refractivity contribution >= 4 is 23.6 Å². The molecule has 1 nitrogen and oxygen atoms in total. The average Bonchev–Trinajstić information content (AvgIpc) is 2.94. The third kappa shape index (κ3) is 2.94. The van der Waals surface area contributed by atoms with Crippen molar-refractivity contribution in [2.75, 3.05) is 0 Å². The highest BCUT2D eigenvalue weighted by atomic mass is 32.1. The maximum Gasteiger partial charge on any atom is 0.166 e. The number of aryl methyl sites for hydroxylation is 1. The second-order valence-electron chi connectivity index (χ2n) is 6.28. The minimum Gasteiger partial charge on any atom is -0.295 e. The molecule has 0 aliphatic heterocycles. The summed E-state index contributed by atoms with van der Waals surface area (Å²) in [5.41, 5.74) is 7.17. The molecule has 0 spiro atoms. The third-order valence-electron chi connectivity index (χ3n) is 4.70. The Bertz CT molecular complexity index is 1050. The van der Waals surface area contributed by atoms with Crippen molar-refractivity contribution in [2.45, 2.75) is 13.8 Å². The molecule has 1 heterocycles. The molecular formula is C23H19NS2. The third-order valence-corrected chi connectivity index (χ3v) is 6.09. The maximum absolute atomic E-state index is 5.74. The summed E-state index contributed by atoms with van der Waals surface area (Å²) in [5.74, 6) is 0. The van der Waals surface area contributed by atoms with Gasteiger partial charge in [0.1, 0.15) is 0 Å². The number of hydrogen-bond donors (Lipinski definition) is 0. The van der Waals surface area contributed by atoms with Crippen LogP contribution in [0.3, 0.4) is 0 Å². The SMILES string of the molecule is Cc1sc(=S)n(-c2c(-c3ccccc3)cccc2-c2ccccc2)c1C. The van der Waals surface area contributed by atoms with Gasteiger partial charge in [-0.1, -0.05) is 78.9 Å². The zero-order valence-corrected chi connectivity index (χ0v) is 16.4. The molecule has 4 aromatic rings. The van der Waals surface area contributed by atoms with E-state index < -0.39 is 0 Å². The van der Waals surface area contributed by atoms with Gasteiger partial charge in [-0.2, -0.15) is 0 Å². The molecule has 128 valence electrons. The van der Waals surface area contributed by atoms with E-state index in [2.05, 4.69) is 97.3 Å². The summed E-state index contributed by atoms with van der Waals surface area (Å²) in [5, 5.41) is 0. The topological polar surface area (TPSA) is 4.93 Å². The summed E-state index contributed by atoms with van der Waals surface area (Å²) in [6, 6.07) is 27.6. The lowest BCUT2D eigenvalue weighted by atomic mass is 9.95. The average molecular weight is 374 g/mol. The Kier molecular flexibility index (Phi) is 4.58. The zero-order valence-electron chi connectivity index (χ0n) is 14.8. The lowest BCUT2D eigenvalue weighted by Gasteiger charge is -2.18. The Balaban J connectivity index is 2.11. The van der Waals surface area contributed by atoms with Gasteiger partial charge < -0.3 is 0 Å². The van der Waals surface area contributed by atoms with Crippen molar-refractivity contribution in [1.29, 1.82) is 0 Å². The van der Waals surface area contributed by atoms with E-state index in [0.717, 1.165) is 9.64 Å². The van der Waals surface area contributed by atoms with Crippen LogP contribution in [-0.2, 0) is 0 Å². The van der Waals surface area contributed by atoms with Gasteiger partial charge in [-0.05, 0) is 37.2 Å². The number of nitrogens with zero attached hydrogens (tertiary/aromatic N) is 1. The summed E-state index contributed by atoms with van der Waals surface area (Å²) < 4.78 is 3.13. The molecule has 0 bridgehead atoms. The zero-order chi connectivity index (χ0) is 18.1. The second-order valence-corrected chi connectivity index (χ2v) is 8.13. The summed E-state index contributed by atoms with van der Waals surface area (Å²) in [6.45, 7) is 4.29. The first kappa shape index (κ1) is 17.0. The van der Waals surface area contributed by atoms with Crippen LogP contribution in [0, 0.1) is 17.8 Å². The normalized spacial score (nSPS) is 10.8. The quantitative estimate of drug-likeness (QED) is 0.343. The van der Waals surface area contributed by atoms with Gasteiger partial charge in [-0.25, -0.2) is 0 Å². The number of para-hydroxylation sites is 1. The minimum absolute atomic E-state index is 0.889. The summed E-state index contributed by atoms with van der Waals surface area (Å²) in [4.78, 5) is 1.26. The molecular weight excluding hydrogens is 354 g/mol. The van der Waals surface area contributed by atoms with E-state index in [4.69, 9.17) is 12.2 Å². The standard InChI is InChI=1S/C23H19NS2/c1-16-17(2)26-23(25)24(16)22-20(18-10-5-3-6-11-18)14-9-15-21(22)19-12-7-4-8-13-19/h3-15H,1-2H3. The first-order chi connectivity index (χ1) is 12.7. The highest BCUT2D eigenvalue weighted by Gasteiger charge is 2.17. The molecule has 0 aliphatic carbocycles. The van der Waals surface area contributed by atoms with Gasteiger partial charge in [-0.15, -0.1) is 11.3 Å². The molecule has 0 aliphatic rings. The number of benzene rings is 3. The van der Waals surface area contributed by atoms with Gasteiger partial charge in [0.2, 0.25) is 0 Å². The first-order valence-corrected chi connectivity index (χ1v) is 9.82. The number of thiazole rings is 1. The largest absolute Gasteiger partial charge is 0.295 e. The molecule has 0 saturated heterocycles. The second kappa shape index (κ2) is 7.02. The van der Waals surface area contributed by atoms with Crippen LogP contribution >= 0.6 is 23.6 Å². The number of aromatic nitrogens is 1. The van der Waals surface area contributed by atoms with Crippen LogP contribution in [0.4, 0.5) is 0 Å². The van der Waals surface area contributed by atoms with E-state index >= 15 is 0 Å². The van der Waals surface area contributed by atoms with Crippen LogP contribution in [0.5, 0.6) is 0 Å². The molecule has 0 radical (unpaired) electrons. The lowest BCUT2D eigenvalue weighted by molar-refractivity contribution is 0.998. The highest BCUT2D eigenvalue weighted by Crippen LogP contribution is 2.37. The maximum atomic E-state index is 5.74. The number of hydrogen-bond acceptors (Lipinski definition) is 2. The molecule has 0 atom stereocenters. The van der Waals surface area contributed by atoms with Gasteiger partial charge in [0.25, 0.3) is 0 Å². The van der Waals surface area contributed by atoms with E-state index in [9.17, 15) is 0 Å². The van der Waals surface area contributed by atoms with Crippen LogP contribution in [0.1, 0.15) is 10.6 Å². The molecule has 4 rings (SSSR count). The first-order valence-electron chi connectivity index (χ1n) is 8.60. The summed E-state index contributed by atoms with van der Waals surface area (Å²) in [6.07, 6.45) is 0. The molecule has 26 heavy (non-hydrogen) atoms. The van der Waals surface area contributed by atoms with Crippen molar-refractivity contribution < 1.29 is 0 Å². The Hall–Kier alpha value is -2.49. The van der Waals surface area contributed by atoms with Gasteiger partial charge in [0, 0.05) is 21.7 Å². The monoisotopic (exact) mass is 373 g/mol. The molecule has 0 N–H and O–H groups in total. The van der Waals surface area contributed by atoms with Crippen molar-refractivity contribution in [3.05, 3.63) is 93.4 Å². The highest BCUT2D eigenvalue weighted by molar-refractivity contribution is 7.73. The van der Waals surface area contributed by atoms with Crippen LogP contribution in [0.25, 0.3) is 27.9 Å². The Morgan fingerprint density at radius 3 is 1.62 bits per heavy atom. The van der Waals surface area contributed by atoms with Crippen molar-refractivity contribution in [1.82, 2.24) is 4.57 Å². The van der Waals surface area contributed by atoms with Crippen molar-refractivity contribution in [2.24, 2.45) is 0 Å². The van der Waals surface area contributed by atoms with E-state index in [1.54, 1.807) is 11.3 Å². The van der Waals surface area contributed by atoms with Crippen LogP contribution in [0.2, 0.25) is 0 Å². The predicted molar refractivity (Wildman–Crippen MR) is 115 cm³/mol. The van der Waals surface area contributed by atoms with Gasteiger partial charge in [-0.3, -0.25) is 4.57 Å². The summed E-state index contributed by atoms with van der Waals surface area (Å²) >= 11 is 7.42. The van der Waals surface area contributed by atoms with Crippen LogP contribution in [0.15, 0.2) is 78.9 Å². The predicted octanol–water partition coefficient (Wildman–Crippen LogP) is 7.22. The van der Waals surface area contributed by atoms with Crippen molar-refractivity contribution in [3.63, 3.8) is 0 Å². The Morgan fingerprint density at radius 1 is 0.692 bits per heavy atom. The fourth-order valence-corrected chi connectivity index (χ4v) is 4.71. The molecule has 0 unspecified atom stereocenters. The molecule has 0 saturated carbocycles. The molecule has 3 heteroatoms. The Morgan fingerprint density at radius 2 is 1.19 bits per heavy atom. The van der Waals surface area contributed by atoms with Gasteiger partial charge in [0.05, 0.1) is 5.69 Å². The lowest BCUT2D eigenvalue weighted by Crippen LogP contribution is -2.02. The molecule has 3 aromatic carbocycles. The van der Waals surface area contributed by atoms with E-state index in [1.165, 1.54) is 32.8 Å². The smallest absolute Gasteiger partial charge is 0.166 e. The number of rotatable bonds is 3.